The Balaban J connectivity index is 1.63. The Morgan fingerprint density at radius 1 is 1.14 bits per heavy atom. The Labute approximate surface area is 204 Å². The van der Waals surface area contributed by atoms with Gasteiger partial charge in [-0.3, -0.25) is 9.80 Å². The van der Waals surface area contributed by atoms with Crippen LogP contribution in [0, 0.1) is 6.92 Å². The Hall–Kier alpha value is -4.01. The summed E-state index contributed by atoms with van der Waals surface area (Å²) in [5.74, 6) is -0.191. The summed E-state index contributed by atoms with van der Waals surface area (Å²) < 4.78 is 6.73. The summed E-state index contributed by atoms with van der Waals surface area (Å²) in [6, 6.07) is 13.9. The van der Waals surface area contributed by atoms with Crippen molar-refractivity contribution in [3.05, 3.63) is 59.7 Å². The van der Waals surface area contributed by atoms with Crippen LogP contribution < -0.4 is 10.1 Å². The number of imide groups is 1. The number of rotatable bonds is 8. The van der Waals surface area contributed by atoms with Crippen LogP contribution in [0.15, 0.2) is 53.6 Å². The zero-order chi connectivity index (χ0) is 25.1. The van der Waals surface area contributed by atoms with Crippen LogP contribution in [-0.2, 0) is 16.0 Å². The number of carbonyl (C=O) groups excluding carboxylic acids is 3. The first-order valence-electron chi connectivity index (χ1n) is 11.6. The molecule has 1 unspecified atom stereocenters. The summed E-state index contributed by atoms with van der Waals surface area (Å²) in [5, 5.41) is 9.01. The van der Waals surface area contributed by atoms with Crippen molar-refractivity contribution in [1.29, 1.82) is 0 Å². The molecule has 2 heterocycles. The van der Waals surface area contributed by atoms with Gasteiger partial charge in [-0.1, -0.05) is 36.4 Å². The molecule has 1 atom stereocenters. The molecule has 0 fully saturated rings. The number of hydrazone groups is 1. The number of benzene rings is 2. The van der Waals surface area contributed by atoms with E-state index in [4.69, 9.17) is 4.74 Å². The maximum Gasteiger partial charge on any atom is 0.501 e. The molecule has 2 aliphatic rings. The number of fused-ring (bicyclic) bond motifs is 1. The minimum Gasteiger partial charge on any atom is -0.495 e. The number of nitrogens with one attached hydrogen (secondary N) is 1. The third-order valence-electron chi connectivity index (χ3n) is 6.18. The number of methoxy groups -OCH3 is 1. The van der Waals surface area contributed by atoms with Crippen molar-refractivity contribution in [2.24, 2.45) is 5.10 Å². The van der Waals surface area contributed by atoms with Crippen molar-refractivity contribution in [1.82, 2.24) is 9.91 Å². The smallest absolute Gasteiger partial charge is 0.495 e. The van der Waals surface area contributed by atoms with Gasteiger partial charge in [0.15, 0.2) is 12.3 Å². The molecular weight excluding hydrogens is 446 g/mol. The fourth-order valence-corrected chi connectivity index (χ4v) is 4.47. The third-order valence-corrected chi connectivity index (χ3v) is 6.18. The first kappa shape index (κ1) is 24.1. The Morgan fingerprint density at radius 3 is 2.57 bits per heavy atom. The number of urea groups is 1. The van der Waals surface area contributed by atoms with Crippen LogP contribution in [0.25, 0.3) is 0 Å². The molecule has 2 aromatic carbocycles. The second kappa shape index (κ2) is 10.1. The molecule has 0 aromatic heterocycles. The van der Waals surface area contributed by atoms with Crippen molar-refractivity contribution < 1.29 is 23.7 Å². The second-order valence-electron chi connectivity index (χ2n) is 8.57. The quantitative estimate of drug-likeness (QED) is 0.592. The van der Waals surface area contributed by atoms with Gasteiger partial charge in [-0.05, 0) is 44.0 Å². The lowest BCUT2D eigenvalue weighted by Crippen LogP contribution is -2.61. The van der Waals surface area contributed by atoms with Crippen molar-refractivity contribution in [3.8, 4) is 5.75 Å². The molecule has 9 nitrogen and oxygen atoms in total. The Morgan fingerprint density at radius 2 is 1.89 bits per heavy atom. The van der Waals surface area contributed by atoms with Crippen LogP contribution in [0.4, 0.5) is 10.5 Å². The topological polar surface area (TPSA) is 94.3 Å². The van der Waals surface area contributed by atoms with E-state index < -0.39 is 18.0 Å². The van der Waals surface area contributed by atoms with Gasteiger partial charge in [0, 0.05) is 13.0 Å². The molecule has 0 spiro atoms. The number of hydrogen-bond donors (Lipinski definition) is 1. The molecule has 2 aliphatic heterocycles. The maximum absolute atomic E-state index is 13.5. The molecule has 4 rings (SSSR count). The minimum atomic E-state index is -0.727. The number of likely N-dealkylation sites (N-methyl/N-ethyl adjacent to an activating group) is 1. The standard InChI is InChI=1S/C26H29N5O4/c1-5-31-24-23(18(3)28-31)30(16-22(32)27-20-15-17(2)11-12-21(20)35-4)26(34)29(25(24)33)14-13-19-9-7-6-8-10-19/h6-12,15,24H,5,13-14,16H2,1-4H3/p+1. The van der Waals surface area contributed by atoms with Gasteiger partial charge in [0.25, 0.3) is 5.91 Å². The summed E-state index contributed by atoms with van der Waals surface area (Å²) in [7, 11) is 1.53. The van der Waals surface area contributed by atoms with Crippen LogP contribution in [0.2, 0.25) is 0 Å². The fourth-order valence-electron chi connectivity index (χ4n) is 4.47. The second-order valence-corrected chi connectivity index (χ2v) is 8.57. The number of aryl methyl sites for hydroxylation is 1. The van der Waals surface area contributed by atoms with E-state index in [1.807, 2.05) is 56.3 Å². The lowest BCUT2D eigenvalue weighted by molar-refractivity contribution is -0.426. The predicted molar refractivity (Wildman–Crippen MR) is 133 cm³/mol. The summed E-state index contributed by atoms with van der Waals surface area (Å²) in [4.78, 5) is 41.3. The van der Waals surface area contributed by atoms with Gasteiger partial charge < -0.3 is 10.1 Å². The van der Waals surface area contributed by atoms with Gasteiger partial charge in [0.05, 0.1) is 12.8 Å². The molecule has 35 heavy (non-hydrogen) atoms. The third kappa shape index (κ3) is 4.80. The van der Waals surface area contributed by atoms with E-state index >= 15 is 0 Å². The number of amides is 4. The summed E-state index contributed by atoms with van der Waals surface area (Å²) in [6.45, 7) is 6.04. The largest absolute Gasteiger partial charge is 0.501 e. The monoisotopic (exact) mass is 476 g/mol. The number of nitrogens with zero attached hydrogens (tertiary/aromatic N) is 4. The van der Waals surface area contributed by atoms with Gasteiger partial charge in [-0.2, -0.15) is 19.4 Å². The summed E-state index contributed by atoms with van der Waals surface area (Å²) >= 11 is 0. The SMILES string of the molecule is CCN1N=C(C)C2=[N+](CC(=O)Nc3cc(C)ccc3OC)C(=O)N(CCc3ccccc3)C(=O)C21. The molecule has 1 N–H and O–H groups in total. The number of anilines is 1. The highest BCUT2D eigenvalue weighted by atomic mass is 16.5. The zero-order valence-corrected chi connectivity index (χ0v) is 20.4. The van der Waals surface area contributed by atoms with E-state index in [2.05, 4.69) is 10.4 Å². The van der Waals surface area contributed by atoms with E-state index in [0.717, 1.165) is 11.1 Å². The van der Waals surface area contributed by atoms with Gasteiger partial charge in [0.2, 0.25) is 6.04 Å². The molecule has 9 heteroatoms. The molecule has 182 valence electrons. The average molecular weight is 477 g/mol. The van der Waals surface area contributed by atoms with Crippen molar-refractivity contribution in [3.63, 3.8) is 0 Å². The normalized spacial score (nSPS) is 17.5. The van der Waals surface area contributed by atoms with Gasteiger partial charge >= 0.3 is 11.9 Å². The van der Waals surface area contributed by atoms with Gasteiger partial charge in [-0.25, -0.2) is 4.79 Å². The van der Waals surface area contributed by atoms with Crippen LogP contribution in [-0.4, -0.2) is 76.5 Å². The van der Waals surface area contributed by atoms with Crippen LogP contribution in [0.3, 0.4) is 0 Å². The molecule has 0 saturated heterocycles. The summed E-state index contributed by atoms with van der Waals surface area (Å²) in [6.07, 6.45) is 0.521. The van der Waals surface area contributed by atoms with Gasteiger partial charge in [0.1, 0.15) is 18.0 Å². The first-order valence-corrected chi connectivity index (χ1v) is 11.6. The van der Waals surface area contributed by atoms with E-state index in [1.54, 1.807) is 18.0 Å². The zero-order valence-electron chi connectivity index (χ0n) is 20.4. The molecule has 0 saturated carbocycles. The minimum absolute atomic E-state index is 0.214. The molecule has 0 aliphatic carbocycles. The Kier molecular flexibility index (Phi) is 6.95. The molecule has 4 amide bonds. The van der Waals surface area contributed by atoms with Crippen molar-refractivity contribution in [2.45, 2.75) is 33.2 Å². The Bertz CT molecular complexity index is 1220. The van der Waals surface area contributed by atoms with Crippen LogP contribution >= 0.6 is 0 Å². The van der Waals surface area contributed by atoms with Gasteiger partial charge in [-0.15, -0.1) is 0 Å². The predicted octanol–water partition coefficient (Wildman–Crippen LogP) is 2.68. The molecule has 0 radical (unpaired) electrons. The average Bonchev–Trinajstić information content (AvgIpc) is 3.19. The summed E-state index contributed by atoms with van der Waals surface area (Å²) in [5.41, 5.74) is 3.52. The lowest BCUT2D eigenvalue weighted by Gasteiger charge is -2.28. The molecule has 0 bridgehead atoms. The van der Waals surface area contributed by atoms with E-state index in [1.165, 1.54) is 16.6 Å². The van der Waals surface area contributed by atoms with E-state index in [0.29, 0.717) is 35.8 Å². The highest BCUT2D eigenvalue weighted by Crippen LogP contribution is 2.26. The number of carbonyl (C=O) groups is 3. The maximum atomic E-state index is 13.5. The van der Waals surface area contributed by atoms with Crippen LogP contribution in [0.1, 0.15) is 25.0 Å². The first-order chi connectivity index (χ1) is 16.8. The van der Waals surface area contributed by atoms with Crippen molar-refractivity contribution >= 4 is 35.0 Å². The highest BCUT2D eigenvalue weighted by molar-refractivity contribution is 6.48. The highest BCUT2D eigenvalue weighted by Gasteiger charge is 2.54. The van der Waals surface area contributed by atoms with E-state index in [-0.39, 0.29) is 19.0 Å². The molecular formula is C26H30N5O4+. The van der Waals surface area contributed by atoms with Crippen LogP contribution in [0.5, 0.6) is 5.75 Å². The van der Waals surface area contributed by atoms with Crippen molar-refractivity contribution in [2.75, 3.05) is 32.1 Å². The number of ether oxygens (including phenoxy) is 1. The molecule has 2 aromatic rings. The number of hydrogen-bond acceptors (Lipinski definition) is 6. The van der Waals surface area contributed by atoms with E-state index in [9.17, 15) is 14.4 Å². The fraction of sp³-hybridized carbons (Fsp3) is 0.346. The lowest BCUT2D eigenvalue weighted by atomic mass is 10.0.